The van der Waals surface area contributed by atoms with Gasteiger partial charge in [0, 0.05) is 7.11 Å². The van der Waals surface area contributed by atoms with Gasteiger partial charge in [-0.2, -0.15) is 0 Å². The van der Waals surface area contributed by atoms with E-state index >= 15 is 0 Å². The summed E-state index contributed by atoms with van der Waals surface area (Å²) in [6, 6.07) is 5.64. The molecule has 0 aliphatic heterocycles. The normalized spacial score (nSPS) is 10.8. The third-order valence-corrected chi connectivity index (χ3v) is 3.09. The highest BCUT2D eigenvalue weighted by Gasteiger charge is 2.12. The highest BCUT2D eigenvalue weighted by molar-refractivity contribution is 9.10. The first kappa shape index (κ1) is 12.1. The van der Waals surface area contributed by atoms with Crippen molar-refractivity contribution in [1.82, 2.24) is 9.78 Å². The molecule has 0 spiro atoms. The summed E-state index contributed by atoms with van der Waals surface area (Å²) in [4.78, 5) is 11.9. The summed E-state index contributed by atoms with van der Waals surface area (Å²) < 4.78 is 19.5. The number of aromatic nitrogens is 2. The molecule has 0 saturated carbocycles. The maximum absolute atomic E-state index is 12.8. The first-order valence-corrected chi connectivity index (χ1v) is 5.67. The minimum absolute atomic E-state index is 0.233. The molecule has 17 heavy (non-hydrogen) atoms. The van der Waals surface area contributed by atoms with Crippen molar-refractivity contribution in [2.75, 3.05) is 7.11 Å². The monoisotopic (exact) mass is 300 g/mol. The summed E-state index contributed by atoms with van der Waals surface area (Å²) >= 11 is 3.20. The van der Waals surface area contributed by atoms with Gasteiger partial charge in [0.2, 0.25) is 0 Å². The summed E-state index contributed by atoms with van der Waals surface area (Å²) in [5, 5.41) is 2.90. The molecular formula is C11H10BrFN2O2. The van der Waals surface area contributed by atoms with Gasteiger partial charge in [0.15, 0.2) is 0 Å². The van der Waals surface area contributed by atoms with Crippen molar-refractivity contribution in [2.24, 2.45) is 0 Å². The van der Waals surface area contributed by atoms with E-state index in [1.54, 1.807) is 7.11 Å². The van der Waals surface area contributed by atoms with Crippen LogP contribution in [-0.4, -0.2) is 16.9 Å². The van der Waals surface area contributed by atoms with Gasteiger partial charge in [0.1, 0.15) is 10.3 Å². The number of nitrogens with zero attached hydrogens (tertiary/aromatic N) is 1. The number of H-pyrrole nitrogens is 1. The van der Waals surface area contributed by atoms with Gasteiger partial charge in [-0.25, -0.2) is 9.07 Å². The van der Waals surface area contributed by atoms with Gasteiger partial charge < -0.3 is 4.74 Å². The van der Waals surface area contributed by atoms with Crippen LogP contribution in [0.1, 0.15) is 5.69 Å². The Bertz CT molecular complexity index is 574. The van der Waals surface area contributed by atoms with Crippen molar-refractivity contribution >= 4 is 15.9 Å². The Labute approximate surface area is 105 Å². The van der Waals surface area contributed by atoms with E-state index in [1.807, 2.05) is 0 Å². The van der Waals surface area contributed by atoms with E-state index in [2.05, 4.69) is 21.0 Å². The third-order valence-electron chi connectivity index (χ3n) is 2.28. The zero-order valence-electron chi connectivity index (χ0n) is 9.04. The molecule has 0 saturated heterocycles. The smallest absolute Gasteiger partial charge is 0.285 e. The number of halogens is 2. The molecule has 2 aromatic rings. The fraction of sp³-hybridized carbons (Fsp3) is 0.182. The molecule has 0 radical (unpaired) electrons. The Morgan fingerprint density at radius 1 is 1.41 bits per heavy atom. The zero-order chi connectivity index (χ0) is 12.4. The van der Waals surface area contributed by atoms with Crippen molar-refractivity contribution in [1.29, 1.82) is 0 Å². The maximum Gasteiger partial charge on any atom is 0.285 e. The fourth-order valence-corrected chi connectivity index (χ4v) is 1.85. The van der Waals surface area contributed by atoms with Crippen LogP contribution in [-0.2, 0) is 11.3 Å². The van der Waals surface area contributed by atoms with Gasteiger partial charge in [0.05, 0.1) is 18.0 Å². The average Bonchev–Trinajstić information content (AvgIpc) is 2.59. The Balaban J connectivity index is 2.49. The van der Waals surface area contributed by atoms with E-state index in [1.165, 1.54) is 28.9 Å². The number of nitrogens with one attached hydrogen (secondary N) is 1. The lowest BCUT2D eigenvalue weighted by atomic mass is 10.3. The molecule has 0 atom stereocenters. The second kappa shape index (κ2) is 4.85. The van der Waals surface area contributed by atoms with Crippen LogP contribution in [0.3, 0.4) is 0 Å². The van der Waals surface area contributed by atoms with Gasteiger partial charge in [-0.3, -0.25) is 9.89 Å². The van der Waals surface area contributed by atoms with Gasteiger partial charge >= 0.3 is 0 Å². The van der Waals surface area contributed by atoms with E-state index in [0.717, 1.165) is 0 Å². The van der Waals surface area contributed by atoms with Crippen molar-refractivity contribution < 1.29 is 9.13 Å². The van der Waals surface area contributed by atoms with E-state index in [-0.39, 0.29) is 11.4 Å². The first-order valence-electron chi connectivity index (χ1n) is 4.87. The second-order valence-corrected chi connectivity index (χ2v) is 4.25. The molecule has 1 heterocycles. The second-order valence-electron chi connectivity index (χ2n) is 3.45. The molecule has 6 heteroatoms. The van der Waals surface area contributed by atoms with Crippen LogP contribution in [0.15, 0.2) is 33.5 Å². The number of ether oxygens (including phenoxy) is 1. The number of hydrogen-bond donors (Lipinski definition) is 1. The molecule has 0 aliphatic rings. The Morgan fingerprint density at radius 3 is 2.65 bits per heavy atom. The minimum Gasteiger partial charge on any atom is -0.378 e. The number of hydrogen-bond acceptors (Lipinski definition) is 2. The van der Waals surface area contributed by atoms with Crippen molar-refractivity contribution in [3.8, 4) is 5.69 Å². The molecule has 0 bridgehead atoms. The number of rotatable bonds is 3. The van der Waals surface area contributed by atoms with Crippen LogP contribution in [0, 0.1) is 5.82 Å². The summed E-state index contributed by atoms with van der Waals surface area (Å²) in [7, 11) is 1.54. The minimum atomic E-state index is -0.343. The number of methoxy groups -OCH3 is 1. The van der Waals surface area contributed by atoms with Gasteiger partial charge in [-0.15, -0.1) is 0 Å². The lowest BCUT2D eigenvalue weighted by Gasteiger charge is -2.01. The molecule has 0 fully saturated rings. The lowest BCUT2D eigenvalue weighted by Crippen LogP contribution is -2.14. The molecule has 4 nitrogen and oxygen atoms in total. The molecule has 2 rings (SSSR count). The van der Waals surface area contributed by atoms with Crippen molar-refractivity contribution in [2.45, 2.75) is 6.61 Å². The Morgan fingerprint density at radius 2 is 2.06 bits per heavy atom. The van der Waals surface area contributed by atoms with E-state index in [4.69, 9.17) is 4.74 Å². The fourth-order valence-electron chi connectivity index (χ4n) is 1.47. The van der Waals surface area contributed by atoms with Gasteiger partial charge in [-0.05, 0) is 40.2 Å². The average molecular weight is 301 g/mol. The summed E-state index contributed by atoms with van der Waals surface area (Å²) in [6.07, 6.45) is 0. The van der Waals surface area contributed by atoms with Crippen LogP contribution < -0.4 is 5.56 Å². The standard InChI is InChI=1S/C11H10BrFN2O2/c1-17-6-9-10(12)11(16)15(14-9)8-4-2-7(13)3-5-8/h2-5,14H,6H2,1H3. The van der Waals surface area contributed by atoms with Crippen LogP contribution in [0.25, 0.3) is 5.69 Å². The van der Waals surface area contributed by atoms with Crippen molar-refractivity contribution in [3.63, 3.8) is 0 Å². The molecule has 90 valence electrons. The summed E-state index contributed by atoms with van der Waals surface area (Å²) in [5.41, 5.74) is 0.977. The molecule has 0 aliphatic carbocycles. The molecular weight excluding hydrogens is 291 g/mol. The van der Waals surface area contributed by atoms with Gasteiger partial charge in [-0.1, -0.05) is 0 Å². The quantitative estimate of drug-likeness (QED) is 0.945. The third kappa shape index (κ3) is 2.32. The summed E-state index contributed by atoms with van der Waals surface area (Å²) in [5.74, 6) is -0.343. The topological polar surface area (TPSA) is 47.0 Å². The Hall–Kier alpha value is -1.40. The predicted octanol–water partition coefficient (Wildman–Crippen LogP) is 2.21. The van der Waals surface area contributed by atoms with Crippen LogP contribution in [0.2, 0.25) is 0 Å². The van der Waals surface area contributed by atoms with E-state index in [9.17, 15) is 9.18 Å². The maximum atomic E-state index is 12.8. The molecule has 1 aromatic heterocycles. The van der Waals surface area contributed by atoms with E-state index in [0.29, 0.717) is 22.5 Å². The molecule has 0 amide bonds. The zero-order valence-corrected chi connectivity index (χ0v) is 10.6. The van der Waals surface area contributed by atoms with Crippen LogP contribution in [0.4, 0.5) is 4.39 Å². The predicted molar refractivity (Wildman–Crippen MR) is 64.8 cm³/mol. The van der Waals surface area contributed by atoms with Crippen LogP contribution >= 0.6 is 15.9 Å². The molecule has 0 unspecified atom stereocenters. The first-order chi connectivity index (χ1) is 8.13. The number of benzene rings is 1. The highest BCUT2D eigenvalue weighted by atomic mass is 79.9. The van der Waals surface area contributed by atoms with Gasteiger partial charge in [0.25, 0.3) is 5.56 Å². The SMILES string of the molecule is COCc1[nH]n(-c2ccc(F)cc2)c(=O)c1Br. The molecule has 1 aromatic carbocycles. The van der Waals surface area contributed by atoms with E-state index < -0.39 is 0 Å². The molecule has 1 N–H and O–H groups in total. The summed E-state index contributed by atoms with van der Waals surface area (Å²) in [6.45, 7) is 0.296. The Kier molecular flexibility index (Phi) is 3.44. The lowest BCUT2D eigenvalue weighted by molar-refractivity contribution is 0.180. The number of aromatic amines is 1. The largest absolute Gasteiger partial charge is 0.378 e. The van der Waals surface area contributed by atoms with Crippen molar-refractivity contribution in [3.05, 3.63) is 50.6 Å². The van der Waals surface area contributed by atoms with Crippen LogP contribution in [0.5, 0.6) is 0 Å². The highest BCUT2D eigenvalue weighted by Crippen LogP contribution is 2.13.